The third kappa shape index (κ3) is 7.94. The highest BCUT2D eigenvalue weighted by Crippen LogP contribution is 2.28. The van der Waals surface area contributed by atoms with Crippen molar-refractivity contribution in [2.75, 3.05) is 46.2 Å². The summed E-state index contributed by atoms with van der Waals surface area (Å²) in [6, 6.07) is 14.7. The van der Waals surface area contributed by atoms with Gasteiger partial charge in [0.1, 0.15) is 39.1 Å². The Bertz CT molecular complexity index is 783. The molecule has 0 aromatic heterocycles. The average Bonchev–Trinajstić information content (AvgIpc) is 2.78. The Morgan fingerprint density at radius 3 is 1.75 bits per heavy atom. The summed E-state index contributed by atoms with van der Waals surface area (Å²) in [7, 11) is 0. The number of carbonyl (C=O) groups excluding carboxylic acids is 1. The van der Waals surface area contributed by atoms with E-state index in [2.05, 4.69) is 0 Å². The van der Waals surface area contributed by atoms with Crippen molar-refractivity contribution in [3.63, 3.8) is 0 Å². The number of rotatable bonds is 4. The highest BCUT2D eigenvalue weighted by molar-refractivity contribution is 5.70. The first-order chi connectivity index (χ1) is 15.6. The van der Waals surface area contributed by atoms with E-state index < -0.39 is 12.1 Å². The Morgan fingerprint density at radius 1 is 0.812 bits per heavy atom. The van der Waals surface area contributed by atoms with Gasteiger partial charge in [-0.25, -0.2) is 4.79 Å². The SMILES string of the molecule is CC(C)OC(=O)COC1COc2ccccc2OCCOCCOc2ccccc2OC1. The molecule has 0 N–H and O–H groups in total. The van der Waals surface area contributed by atoms with Crippen LogP contribution in [0, 0.1) is 0 Å². The Labute approximate surface area is 188 Å². The van der Waals surface area contributed by atoms with Gasteiger partial charge in [0, 0.05) is 0 Å². The molecule has 32 heavy (non-hydrogen) atoms. The van der Waals surface area contributed by atoms with Crippen molar-refractivity contribution >= 4 is 5.97 Å². The standard InChI is InChI=1S/C24H30O8/c1-18(2)32-24(25)17-29-19-15-30-22-9-5-3-7-20(22)27-13-11-26-12-14-28-21-8-4-6-10-23(21)31-16-19/h3-10,18-19H,11-17H2,1-2H3. The van der Waals surface area contributed by atoms with Gasteiger partial charge in [-0.1, -0.05) is 24.3 Å². The monoisotopic (exact) mass is 446 g/mol. The summed E-state index contributed by atoms with van der Waals surface area (Å²) < 4.78 is 39.9. The first-order valence-electron chi connectivity index (χ1n) is 10.7. The summed E-state index contributed by atoms with van der Waals surface area (Å²) in [5.41, 5.74) is 0. The summed E-state index contributed by atoms with van der Waals surface area (Å²) in [5, 5.41) is 0. The van der Waals surface area contributed by atoms with Gasteiger partial charge in [-0.15, -0.1) is 0 Å². The molecule has 0 amide bonds. The number of fused-ring (bicyclic) bond motifs is 2. The van der Waals surface area contributed by atoms with E-state index in [1.54, 1.807) is 13.8 Å². The van der Waals surface area contributed by atoms with Gasteiger partial charge in [-0.05, 0) is 38.1 Å². The van der Waals surface area contributed by atoms with Crippen LogP contribution in [0.25, 0.3) is 0 Å². The van der Waals surface area contributed by atoms with E-state index in [0.717, 1.165) is 0 Å². The van der Waals surface area contributed by atoms with Crippen LogP contribution in [0.4, 0.5) is 0 Å². The average molecular weight is 446 g/mol. The quantitative estimate of drug-likeness (QED) is 0.662. The Balaban J connectivity index is 1.72. The van der Waals surface area contributed by atoms with Gasteiger partial charge in [0.2, 0.25) is 0 Å². The topological polar surface area (TPSA) is 81.7 Å². The van der Waals surface area contributed by atoms with Crippen molar-refractivity contribution in [1.82, 2.24) is 0 Å². The highest BCUT2D eigenvalue weighted by atomic mass is 16.6. The minimum absolute atomic E-state index is 0.148. The lowest BCUT2D eigenvalue weighted by atomic mass is 10.3. The number of ether oxygens (including phenoxy) is 7. The molecule has 2 aromatic rings. The molecule has 0 aliphatic carbocycles. The molecule has 0 saturated carbocycles. The molecule has 8 nitrogen and oxygen atoms in total. The van der Waals surface area contributed by atoms with Crippen LogP contribution in [0.3, 0.4) is 0 Å². The summed E-state index contributed by atoms with van der Waals surface area (Å²) >= 11 is 0. The van der Waals surface area contributed by atoms with Crippen molar-refractivity contribution in [1.29, 1.82) is 0 Å². The fourth-order valence-corrected chi connectivity index (χ4v) is 2.89. The van der Waals surface area contributed by atoms with Crippen molar-refractivity contribution in [2.24, 2.45) is 0 Å². The summed E-state index contributed by atoms with van der Waals surface area (Å²) in [5.74, 6) is 1.90. The number of carbonyl (C=O) groups is 1. The lowest BCUT2D eigenvalue weighted by Gasteiger charge is -2.21. The second-order valence-corrected chi connectivity index (χ2v) is 7.30. The van der Waals surface area contributed by atoms with Crippen LogP contribution in [0.15, 0.2) is 48.5 Å². The number of para-hydroxylation sites is 4. The zero-order valence-electron chi connectivity index (χ0n) is 18.5. The molecule has 8 heteroatoms. The highest BCUT2D eigenvalue weighted by Gasteiger charge is 2.18. The van der Waals surface area contributed by atoms with E-state index in [9.17, 15) is 4.79 Å². The fourth-order valence-electron chi connectivity index (χ4n) is 2.89. The number of hydrogen-bond acceptors (Lipinski definition) is 8. The second kappa shape index (κ2) is 12.8. The van der Waals surface area contributed by atoms with Gasteiger partial charge >= 0.3 is 5.97 Å². The zero-order chi connectivity index (χ0) is 22.6. The van der Waals surface area contributed by atoms with Gasteiger partial charge in [0.05, 0.1) is 19.3 Å². The van der Waals surface area contributed by atoms with E-state index in [-0.39, 0.29) is 25.9 Å². The van der Waals surface area contributed by atoms with Gasteiger partial charge in [-0.3, -0.25) is 0 Å². The van der Waals surface area contributed by atoms with E-state index in [4.69, 9.17) is 33.2 Å². The maximum Gasteiger partial charge on any atom is 0.332 e. The van der Waals surface area contributed by atoms with Crippen LogP contribution in [0.1, 0.15) is 13.8 Å². The smallest absolute Gasteiger partial charge is 0.332 e. The molecule has 1 aliphatic heterocycles. The summed E-state index contributed by atoms with van der Waals surface area (Å²) in [6.07, 6.45) is -0.750. The molecule has 1 aliphatic rings. The lowest BCUT2D eigenvalue weighted by Crippen LogP contribution is -2.32. The molecule has 0 atom stereocenters. The largest absolute Gasteiger partial charge is 0.487 e. The second-order valence-electron chi connectivity index (χ2n) is 7.30. The van der Waals surface area contributed by atoms with Crippen LogP contribution in [-0.4, -0.2) is 64.4 Å². The van der Waals surface area contributed by atoms with Gasteiger partial charge in [-0.2, -0.15) is 0 Å². The minimum Gasteiger partial charge on any atom is -0.487 e. The van der Waals surface area contributed by atoms with Crippen LogP contribution in [-0.2, 0) is 19.0 Å². The van der Waals surface area contributed by atoms with Crippen LogP contribution in [0.2, 0.25) is 0 Å². The number of benzene rings is 2. The first-order valence-corrected chi connectivity index (χ1v) is 10.7. The van der Waals surface area contributed by atoms with Crippen molar-refractivity contribution < 1.29 is 38.0 Å². The first kappa shape index (κ1) is 23.7. The number of esters is 1. The van der Waals surface area contributed by atoms with Gasteiger partial charge < -0.3 is 33.2 Å². The van der Waals surface area contributed by atoms with E-state index in [1.807, 2.05) is 48.5 Å². The molecule has 1 heterocycles. The molecule has 0 unspecified atom stereocenters. The van der Waals surface area contributed by atoms with Crippen molar-refractivity contribution in [3.05, 3.63) is 48.5 Å². The fraction of sp³-hybridized carbons (Fsp3) is 0.458. The predicted molar refractivity (Wildman–Crippen MR) is 117 cm³/mol. The molecular formula is C24H30O8. The van der Waals surface area contributed by atoms with Crippen molar-refractivity contribution in [3.8, 4) is 23.0 Å². The number of hydrogen-bond donors (Lipinski definition) is 0. The van der Waals surface area contributed by atoms with Crippen molar-refractivity contribution in [2.45, 2.75) is 26.1 Å². The van der Waals surface area contributed by atoms with E-state index in [1.165, 1.54) is 0 Å². The normalized spacial score (nSPS) is 15.8. The molecule has 0 fully saturated rings. The third-order valence-electron chi connectivity index (χ3n) is 4.32. The molecular weight excluding hydrogens is 416 g/mol. The van der Waals surface area contributed by atoms with Crippen LogP contribution < -0.4 is 18.9 Å². The molecule has 0 radical (unpaired) electrons. The molecule has 0 bridgehead atoms. The van der Waals surface area contributed by atoms with Gasteiger partial charge in [0.15, 0.2) is 23.0 Å². The van der Waals surface area contributed by atoms with Crippen LogP contribution >= 0.6 is 0 Å². The maximum atomic E-state index is 11.9. The Hall–Kier alpha value is -2.97. The molecule has 0 saturated heterocycles. The van der Waals surface area contributed by atoms with E-state index in [0.29, 0.717) is 49.4 Å². The molecule has 2 aromatic carbocycles. The van der Waals surface area contributed by atoms with E-state index >= 15 is 0 Å². The predicted octanol–water partition coefficient (Wildman–Crippen LogP) is 3.27. The Morgan fingerprint density at radius 2 is 1.28 bits per heavy atom. The Kier molecular flexibility index (Phi) is 9.46. The molecule has 3 rings (SSSR count). The van der Waals surface area contributed by atoms with Gasteiger partial charge in [0.25, 0.3) is 0 Å². The zero-order valence-corrected chi connectivity index (χ0v) is 18.5. The molecule has 174 valence electrons. The maximum absolute atomic E-state index is 11.9. The minimum atomic E-state index is -0.535. The summed E-state index contributed by atoms with van der Waals surface area (Å²) in [4.78, 5) is 11.9. The third-order valence-corrected chi connectivity index (χ3v) is 4.32. The summed E-state index contributed by atoms with van der Waals surface area (Å²) in [6.45, 7) is 5.25. The lowest BCUT2D eigenvalue weighted by molar-refractivity contribution is -0.156. The molecule has 0 spiro atoms. The van der Waals surface area contributed by atoms with Crippen LogP contribution in [0.5, 0.6) is 23.0 Å².